The second-order valence-corrected chi connectivity index (χ2v) is 5.43. The molecule has 20 heavy (non-hydrogen) atoms. The number of anilines is 2. The molecule has 2 rings (SSSR count). The van der Waals surface area contributed by atoms with Crippen LogP contribution in [0.2, 0.25) is 0 Å². The van der Waals surface area contributed by atoms with Crippen LogP contribution in [-0.4, -0.2) is 25.6 Å². The first-order valence-corrected chi connectivity index (χ1v) is 7.50. The van der Waals surface area contributed by atoms with Crippen LogP contribution in [0, 0.1) is 0 Å². The predicted molar refractivity (Wildman–Crippen MR) is 88.8 cm³/mol. The number of nitrogens with zero attached hydrogens (tertiary/aromatic N) is 2. The fraction of sp³-hybridized carbons (Fsp3) is 0.471. The zero-order valence-corrected chi connectivity index (χ0v) is 13.0. The zero-order chi connectivity index (χ0) is 14.5. The van der Waals surface area contributed by atoms with Crippen molar-refractivity contribution in [1.82, 2.24) is 4.98 Å². The topological polar surface area (TPSA) is 28.2 Å². The van der Waals surface area contributed by atoms with Gasteiger partial charge in [0.05, 0.1) is 5.52 Å². The second-order valence-electron chi connectivity index (χ2n) is 5.43. The van der Waals surface area contributed by atoms with Gasteiger partial charge in [-0.2, -0.15) is 0 Å². The highest BCUT2D eigenvalue weighted by atomic mass is 15.1. The summed E-state index contributed by atoms with van der Waals surface area (Å²) in [5, 5.41) is 4.76. The summed E-state index contributed by atoms with van der Waals surface area (Å²) >= 11 is 0. The summed E-state index contributed by atoms with van der Waals surface area (Å²) < 4.78 is 0. The van der Waals surface area contributed by atoms with Gasteiger partial charge in [-0.25, -0.2) is 0 Å². The largest absolute Gasteiger partial charge is 0.384 e. The molecule has 0 bridgehead atoms. The number of aromatic nitrogens is 1. The Labute approximate surface area is 122 Å². The molecular weight excluding hydrogens is 246 g/mol. The number of aryl methyl sites for hydroxylation is 1. The maximum Gasteiger partial charge on any atom is 0.0727 e. The molecule has 0 unspecified atom stereocenters. The minimum absolute atomic E-state index is 0.997. The standard InChI is InChI=1S/C17H25N3/c1-5-7-13-11-17(18-10-6-2)15-12-14(20(3)4)8-9-16(15)19-13/h8-9,11-12H,5-7,10H2,1-4H3,(H,18,19). The summed E-state index contributed by atoms with van der Waals surface area (Å²) in [6.45, 7) is 5.38. The molecule has 1 heterocycles. The van der Waals surface area contributed by atoms with Crippen LogP contribution in [0.4, 0.5) is 11.4 Å². The summed E-state index contributed by atoms with van der Waals surface area (Å²) in [5.41, 5.74) is 4.68. The first-order valence-electron chi connectivity index (χ1n) is 7.50. The van der Waals surface area contributed by atoms with E-state index in [-0.39, 0.29) is 0 Å². The highest BCUT2D eigenvalue weighted by molar-refractivity contribution is 5.93. The Hall–Kier alpha value is -1.77. The first kappa shape index (κ1) is 14.6. The normalized spacial score (nSPS) is 10.8. The Bertz CT molecular complexity index is 576. The summed E-state index contributed by atoms with van der Waals surface area (Å²) in [6.07, 6.45) is 3.29. The van der Waals surface area contributed by atoms with E-state index in [0.29, 0.717) is 0 Å². The van der Waals surface area contributed by atoms with E-state index in [9.17, 15) is 0 Å². The molecule has 1 aromatic heterocycles. The molecule has 2 aromatic rings. The molecule has 1 N–H and O–H groups in total. The van der Waals surface area contributed by atoms with E-state index in [1.165, 1.54) is 22.5 Å². The molecule has 0 atom stereocenters. The van der Waals surface area contributed by atoms with Gasteiger partial charge in [0.25, 0.3) is 0 Å². The number of rotatable bonds is 6. The third kappa shape index (κ3) is 3.21. The molecule has 0 amide bonds. The van der Waals surface area contributed by atoms with Gasteiger partial charge < -0.3 is 10.2 Å². The molecule has 0 radical (unpaired) electrons. The van der Waals surface area contributed by atoms with Crippen LogP contribution in [0.3, 0.4) is 0 Å². The van der Waals surface area contributed by atoms with Gasteiger partial charge in [0, 0.05) is 43.1 Å². The van der Waals surface area contributed by atoms with Gasteiger partial charge in [-0.05, 0) is 37.1 Å². The van der Waals surface area contributed by atoms with E-state index in [2.05, 4.69) is 62.4 Å². The minimum Gasteiger partial charge on any atom is -0.384 e. The van der Waals surface area contributed by atoms with E-state index in [0.717, 1.165) is 31.3 Å². The Morgan fingerprint density at radius 1 is 1.10 bits per heavy atom. The van der Waals surface area contributed by atoms with Crippen molar-refractivity contribution >= 4 is 22.3 Å². The number of nitrogens with one attached hydrogen (secondary N) is 1. The molecule has 0 saturated heterocycles. The lowest BCUT2D eigenvalue weighted by molar-refractivity contribution is 0.888. The van der Waals surface area contributed by atoms with Gasteiger partial charge in [0.1, 0.15) is 0 Å². The zero-order valence-electron chi connectivity index (χ0n) is 13.0. The van der Waals surface area contributed by atoms with Crippen LogP contribution in [0.1, 0.15) is 32.4 Å². The van der Waals surface area contributed by atoms with E-state index >= 15 is 0 Å². The Balaban J connectivity index is 2.52. The molecule has 0 aliphatic rings. The molecule has 0 aliphatic heterocycles. The molecule has 0 saturated carbocycles. The number of fused-ring (bicyclic) bond motifs is 1. The van der Waals surface area contributed by atoms with Crippen molar-refractivity contribution in [1.29, 1.82) is 0 Å². The molecule has 1 aromatic carbocycles. The fourth-order valence-corrected chi connectivity index (χ4v) is 2.34. The number of hydrogen-bond acceptors (Lipinski definition) is 3. The SMILES string of the molecule is CCCNc1cc(CCC)nc2ccc(N(C)C)cc12. The van der Waals surface area contributed by atoms with Crippen LogP contribution < -0.4 is 10.2 Å². The lowest BCUT2D eigenvalue weighted by Crippen LogP contribution is -2.09. The molecule has 3 heteroatoms. The fourth-order valence-electron chi connectivity index (χ4n) is 2.34. The maximum absolute atomic E-state index is 4.78. The number of pyridine rings is 1. The van der Waals surface area contributed by atoms with Gasteiger partial charge in [-0.3, -0.25) is 4.98 Å². The van der Waals surface area contributed by atoms with Gasteiger partial charge >= 0.3 is 0 Å². The smallest absolute Gasteiger partial charge is 0.0727 e. The van der Waals surface area contributed by atoms with Crippen LogP contribution in [0.15, 0.2) is 24.3 Å². The Morgan fingerprint density at radius 3 is 2.55 bits per heavy atom. The van der Waals surface area contributed by atoms with Crippen LogP contribution in [0.25, 0.3) is 10.9 Å². The molecule has 0 fully saturated rings. The van der Waals surface area contributed by atoms with Crippen molar-refractivity contribution in [3.63, 3.8) is 0 Å². The monoisotopic (exact) mass is 271 g/mol. The third-order valence-electron chi connectivity index (χ3n) is 3.43. The van der Waals surface area contributed by atoms with Crippen LogP contribution in [0.5, 0.6) is 0 Å². The molecule has 0 spiro atoms. The summed E-state index contributed by atoms with van der Waals surface area (Å²) in [4.78, 5) is 6.90. The first-order chi connectivity index (χ1) is 9.65. The Kier molecular flexibility index (Phi) is 4.83. The van der Waals surface area contributed by atoms with E-state index in [4.69, 9.17) is 4.98 Å². The van der Waals surface area contributed by atoms with Crippen molar-refractivity contribution in [2.45, 2.75) is 33.1 Å². The molecule has 0 aliphatic carbocycles. The number of benzene rings is 1. The lowest BCUT2D eigenvalue weighted by Gasteiger charge is -2.16. The van der Waals surface area contributed by atoms with Gasteiger partial charge in [-0.15, -0.1) is 0 Å². The highest BCUT2D eigenvalue weighted by Crippen LogP contribution is 2.27. The Morgan fingerprint density at radius 2 is 1.90 bits per heavy atom. The molecule has 108 valence electrons. The number of hydrogen-bond donors (Lipinski definition) is 1. The molecule has 3 nitrogen and oxygen atoms in total. The third-order valence-corrected chi connectivity index (χ3v) is 3.43. The maximum atomic E-state index is 4.78. The van der Waals surface area contributed by atoms with E-state index in [1.54, 1.807) is 0 Å². The van der Waals surface area contributed by atoms with Crippen molar-refractivity contribution < 1.29 is 0 Å². The van der Waals surface area contributed by atoms with Gasteiger partial charge in [0.15, 0.2) is 0 Å². The van der Waals surface area contributed by atoms with Gasteiger partial charge in [0.2, 0.25) is 0 Å². The summed E-state index contributed by atoms with van der Waals surface area (Å²) in [7, 11) is 4.14. The summed E-state index contributed by atoms with van der Waals surface area (Å²) in [5.74, 6) is 0. The van der Waals surface area contributed by atoms with Crippen molar-refractivity contribution in [2.24, 2.45) is 0 Å². The lowest BCUT2D eigenvalue weighted by atomic mass is 10.1. The second kappa shape index (κ2) is 6.60. The summed E-state index contributed by atoms with van der Waals surface area (Å²) in [6, 6.07) is 8.69. The van der Waals surface area contributed by atoms with E-state index in [1.807, 2.05) is 0 Å². The average molecular weight is 271 g/mol. The highest BCUT2D eigenvalue weighted by Gasteiger charge is 2.07. The minimum atomic E-state index is 0.997. The van der Waals surface area contributed by atoms with Crippen molar-refractivity contribution in [3.8, 4) is 0 Å². The van der Waals surface area contributed by atoms with Crippen LogP contribution >= 0.6 is 0 Å². The van der Waals surface area contributed by atoms with Crippen molar-refractivity contribution in [3.05, 3.63) is 30.0 Å². The quantitative estimate of drug-likeness (QED) is 0.858. The average Bonchev–Trinajstić information content (AvgIpc) is 2.44. The molecular formula is C17H25N3. The van der Waals surface area contributed by atoms with Gasteiger partial charge in [-0.1, -0.05) is 20.3 Å². The van der Waals surface area contributed by atoms with Crippen LogP contribution in [-0.2, 0) is 6.42 Å². The van der Waals surface area contributed by atoms with Crippen molar-refractivity contribution in [2.75, 3.05) is 30.9 Å². The van der Waals surface area contributed by atoms with E-state index < -0.39 is 0 Å². The predicted octanol–water partition coefficient (Wildman–Crippen LogP) is 4.08.